The number of nitrogens with one attached hydrogen (secondary N) is 1. The molecule has 1 unspecified atom stereocenters. The number of carbonyl (C=O) groups is 6. The maximum atomic E-state index is 15.3. The average Bonchev–Trinajstić information content (AvgIpc) is 4.07. The summed E-state index contributed by atoms with van der Waals surface area (Å²) >= 11 is 1.18. The van der Waals surface area contributed by atoms with Gasteiger partial charge in [-0.1, -0.05) is 51.1 Å². The molecule has 1 aromatic heterocycles. The summed E-state index contributed by atoms with van der Waals surface area (Å²) in [5.41, 5.74) is 1.84. The van der Waals surface area contributed by atoms with Crippen LogP contribution in [0.4, 0.5) is 8.78 Å². The first-order valence-corrected chi connectivity index (χ1v) is 25.1. The number of thioether (sulfide) groups is 1. The van der Waals surface area contributed by atoms with Crippen LogP contribution in [0, 0.1) is 28.9 Å². The Morgan fingerprint density at radius 2 is 1.50 bits per heavy atom. The molecule has 70 heavy (non-hydrogen) atoms. The van der Waals surface area contributed by atoms with Crippen LogP contribution >= 0.6 is 11.8 Å². The number of carboxylic acids is 1. The number of aliphatic carboxylic acids is 1. The lowest BCUT2D eigenvalue weighted by Gasteiger charge is -2.42. The van der Waals surface area contributed by atoms with Gasteiger partial charge in [0.2, 0.25) is 5.91 Å². The lowest BCUT2D eigenvalue weighted by atomic mass is 9.82. The zero-order chi connectivity index (χ0) is 50.5. The molecule has 3 atom stereocenters. The van der Waals surface area contributed by atoms with Gasteiger partial charge in [-0.15, -0.1) is 0 Å². The molecule has 2 aliphatic heterocycles. The molecule has 0 bridgehead atoms. The number of ether oxygens (including phenoxy) is 4. The first-order chi connectivity index (χ1) is 33.6. The zero-order valence-electron chi connectivity index (χ0n) is 40.5. The Morgan fingerprint density at radius 3 is 2.13 bits per heavy atom. The summed E-state index contributed by atoms with van der Waals surface area (Å²) < 4.78 is 53.8. The standard InChI is InChI=1S/C52H68F2N4O11S/c1-52(2,3)50(46-28-39(44-29-41(53)12-13-45(44)54)33-56(46)31-37-9-5-4-6-10-37)58(32-38-16-18-55-30-38)49(63)36-70-35-40(51(64)65)27-42(59)17-20-67-22-24-69-26-25-68-23-21-66-19-8-7-11-43(60)34-57-47(61)14-15-48(57)62/h4-6,9-10,12-15,28-29,33,38,40,50,55H,7-8,11,16-27,30-32,34-36H2,1-3H3,(H,64,65)/t38?,40-,50-/m0/s1. The molecule has 3 amide bonds. The summed E-state index contributed by atoms with van der Waals surface area (Å²) in [7, 11) is 0. The van der Waals surface area contributed by atoms with Crippen molar-refractivity contribution >= 4 is 47.0 Å². The van der Waals surface area contributed by atoms with E-state index in [0.717, 1.165) is 60.0 Å². The molecule has 2 aliphatic rings. The molecule has 0 spiro atoms. The van der Waals surface area contributed by atoms with E-state index in [1.54, 1.807) is 0 Å². The van der Waals surface area contributed by atoms with E-state index >= 15 is 4.39 Å². The fourth-order valence-corrected chi connectivity index (χ4v) is 9.40. The van der Waals surface area contributed by atoms with Gasteiger partial charge in [-0.2, -0.15) is 11.8 Å². The molecular formula is C52H68F2N4O11S. The third-order valence-corrected chi connectivity index (χ3v) is 13.0. The number of amides is 3. The molecule has 15 nitrogen and oxygen atoms in total. The molecule has 1 saturated heterocycles. The number of unbranched alkanes of at least 4 members (excludes halogenated alkanes) is 1. The van der Waals surface area contributed by atoms with Crippen molar-refractivity contribution < 1.29 is 61.6 Å². The summed E-state index contributed by atoms with van der Waals surface area (Å²) in [6.45, 7) is 10.9. The predicted molar refractivity (Wildman–Crippen MR) is 261 cm³/mol. The summed E-state index contributed by atoms with van der Waals surface area (Å²) in [6, 6.07) is 14.5. The molecule has 382 valence electrons. The molecule has 5 rings (SSSR count). The van der Waals surface area contributed by atoms with Crippen molar-refractivity contribution in [1.29, 1.82) is 0 Å². The number of rotatable bonds is 33. The van der Waals surface area contributed by atoms with Crippen LogP contribution < -0.4 is 5.32 Å². The zero-order valence-corrected chi connectivity index (χ0v) is 41.4. The van der Waals surface area contributed by atoms with Gasteiger partial charge in [-0.25, -0.2) is 8.78 Å². The Kier molecular flexibility index (Phi) is 22.9. The van der Waals surface area contributed by atoms with Crippen LogP contribution in [0.1, 0.15) is 76.6 Å². The smallest absolute Gasteiger partial charge is 0.307 e. The number of imide groups is 1. The van der Waals surface area contributed by atoms with Gasteiger partial charge in [0, 0.05) is 79.9 Å². The summed E-state index contributed by atoms with van der Waals surface area (Å²) in [4.78, 5) is 77.7. The van der Waals surface area contributed by atoms with E-state index < -0.39 is 46.8 Å². The highest BCUT2D eigenvalue weighted by Gasteiger charge is 2.39. The topological polar surface area (TPSA) is 183 Å². The van der Waals surface area contributed by atoms with Gasteiger partial charge < -0.3 is 38.8 Å². The maximum absolute atomic E-state index is 15.3. The third-order valence-electron chi connectivity index (χ3n) is 12.0. The lowest BCUT2D eigenvalue weighted by Crippen LogP contribution is -2.45. The fourth-order valence-electron chi connectivity index (χ4n) is 8.39. The number of hydrogen-bond donors (Lipinski definition) is 2. The molecule has 0 saturated carbocycles. The van der Waals surface area contributed by atoms with E-state index in [4.69, 9.17) is 18.9 Å². The average molecular weight is 995 g/mol. The summed E-state index contributed by atoms with van der Waals surface area (Å²) in [6.07, 6.45) is 6.32. The van der Waals surface area contributed by atoms with Crippen molar-refractivity contribution in [3.63, 3.8) is 0 Å². The van der Waals surface area contributed by atoms with Gasteiger partial charge in [0.15, 0.2) is 5.78 Å². The second kappa shape index (κ2) is 28.7. The van der Waals surface area contributed by atoms with Gasteiger partial charge in [0.1, 0.15) is 17.4 Å². The Labute approximate surface area is 413 Å². The number of halogens is 2. The highest BCUT2D eigenvalue weighted by Crippen LogP contribution is 2.42. The summed E-state index contributed by atoms with van der Waals surface area (Å²) in [5, 5.41) is 13.5. The number of carboxylic acid groups (broad SMARTS) is 1. The third kappa shape index (κ3) is 18.2. The molecule has 0 radical (unpaired) electrons. The quantitative estimate of drug-likeness (QED) is 0.0498. The molecule has 1 fully saturated rings. The van der Waals surface area contributed by atoms with Crippen LogP contribution in [0.2, 0.25) is 0 Å². The van der Waals surface area contributed by atoms with Crippen LogP contribution in [0.3, 0.4) is 0 Å². The van der Waals surface area contributed by atoms with Crippen molar-refractivity contribution in [3.8, 4) is 11.1 Å². The van der Waals surface area contributed by atoms with Crippen LogP contribution in [0.25, 0.3) is 11.1 Å². The number of hydrogen-bond acceptors (Lipinski definition) is 12. The van der Waals surface area contributed by atoms with Gasteiger partial charge >= 0.3 is 5.97 Å². The number of nitrogens with zero attached hydrogens (tertiary/aromatic N) is 3. The second-order valence-corrected chi connectivity index (χ2v) is 19.7. The van der Waals surface area contributed by atoms with Crippen LogP contribution in [-0.2, 0) is 54.3 Å². The SMILES string of the molecule is CC(C)(C)[C@H](c1cc(-c2cc(F)ccc2F)cn1Cc1ccccc1)N(CC1CCNC1)C(=O)CSC[C@H](CC(=O)CCOCCOCCOCCOCCCCC(=O)CN1C(=O)C=CC1=O)C(=O)O. The number of Topliss-reactive ketones (excluding diaryl/α,β-unsaturated/α-hetero) is 2. The Morgan fingerprint density at radius 1 is 0.843 bits per heavy atom. The van der Waals surface area contributed by atoms with E-state index in [2.05, 4.69) is 5.32 Å². The second-order valence-electron chi connectivity index (χ2n) is 18.6. The summed E-state index contributed by atoms with van der Waals surface area (Å²) in [5.74, 6) is -4.60. The molecule has 2 N–H and O–H groups in total. The number of benzene rings is 2. The van der Waals surface area contributed by atoms with E-state index in [0.29, 0.717) is 64.5 Å². The first kappa shape index (κ1) is 55.8. The highest BCUT2D eigenvalue weighted by atomic mass is 32.2. The van der Waals surface area contributed by atoms with Crippen LogP contribution in [-0.4, -0.2) is 145 Å². The molecule has 2 aromatic carbocycles. The van der Waals surface area contributed by atoms with E-state index in [9.17, 15) is 38.3 Å². The van der Waals surface area contributed by atoms with E-state index in [-0.39, 0.29) is 86.1 Å². The monoisotopic (exact) mass is 994 g/mol. The van der Waals surface area contributed by atoms with Crippen molar-refractivity contribution in [1.82, 2.24) is 19.7 Å². The van der Waals surface area contributed by atoms with Gasteiger partial charge in [-0.05, 0) is 73.5 Å². The largest absolute Gasteiger partial charge is 0.481 e. The molecule has 18 heteroatoms. The minimum atomic E-state index is -1.12. The minimum absolute atomic E-state index is 0.0163. The first-order valence-electron chi connectivity index (χ1n) is 24.0. The number of carbonyl (C=O) groups excluding carboxylic acids is 5. The van der Waals surface area contributed by atoms with Gasteiger partial charge in [0.05, 0.1) is 70.5 Å². The molecule has 0 aliphatic carbocycles. The Bertz CT molecular complexity index is 2210. The van der Waals surface area contributed by atoms with Crippen LogP contribution in [0.15, 0.2) is 72.9 Å². The molecule has 3 aromatic rings. The van der Waals surface area contributed by atoms with E-state index in [1.165, 1.54) is 17.8 Å². The normalized spacial score (nSPS) is 15.7. The van der Waals surface area contributed by atoms with E-state index in [1.807, 2.05) is 72.8 Å². The van der Waals surface area contributed by atoms with Gasteiger partial charge in [0.25, 0.3) is 11.8 Å². The predicted octanol–water partition coefficient (Wildman–Crippen LogP) is 6.52. The Hall–Kier alpha value is -5.11. The minimum Gasteiger partial charge on any atom is -0.481 e. The van der Waals surface area contributed by atoms with Gasteiger partial charge in [-0.3, -0.25) is 33.7 Å². The molecule has 3 heterocycles. The fraction of sp³-hybridized carbons (Fsp3) is 0.538. The maximum Gasteiger partial charge on any atom is 0.307 e. The number of aromatic nitrogens is 1. The Balaban J connectivity index is 1.03. The lowest BCUT2D eigenvalue weighted by molar-refractivity contribution is -0.143. The van der Waals surface area contributed by atoms with Crippen LogP contribution in [0.5, 0.6) is 0 Å². The number of ketones is 2. The molecular weight excluding hydrogens is 927 g/mol. The van der Waals surface area contributed by atoms with Crippen molar-refractivity contribution in [2.24, 2.45) is 17.3 Å². The van der Waals surface area contributed by atoms with Crippen molar-refractivity contribution in [2.75, 3.05) is 90.5 Å². The van der Waals surface area contributed by atoms with Crippen molar-refractivity contribution in [2.45, 2.75) is 71.9 Å². The van der Waals surface area contributed by atoms with Crippen molar-refractivity contribution in [3.05, 3.63) is 95.8 Å². The highest BCUT2D eigenvalue weighted by molar-refractivity contribution is 7.99.